The fraction of sp³-hybridized carbons (Fsp3) is 0.533. The lowest BCUT2D eigenvalue weighted by molar-refractivity contribution is 0.173. The SMILES string of the molecule is C=C1OB(c2cncc(N3CCN(S(C)(=O)=O)CC3)c2)OC1(C)C. The molecule has 0 radical (unpaired) electrons. The Labute approximate surface area is 143 Å². The van der Waals surface area contributed by atoms with Gasteiger partial charge < -0.3 is 14.2 Å². The van der Waals surface area contributed by atoms with Crippen molar-refractivity contribution in [1.29, 1.82) is 0 Å². The average Bonchev–Trinajstić information content (AvgIpc) is 2.80. The van der Waals surface area contributed by atoms with Gasteiger partial charge in [-0.1, -0.05) is 6.58 Å². The molecular formula is C15H22BN3O4S. The van der Waals surface area contributed by atoms with Crippen molar-refractivity contribution in [2.24, 2.45) is 0 Å². The molecule has 2 aliphatic heterocycles. The van der Waals surface area contributed by atoms with Crippen LogP contribution in [0.4, 0.5) is 5.69 Å². The van der Waals surface area contributed by atoms with Crippen molar-refractivity contribution < 1.29 is 17.7 Å². The van der Waals surface area contributed by atoms with Crippen LogP contribution in [-0.4, -0.2) is 62.9 Å². The molecule has 2 saturated heterocycles. The monoisotopic (exact) mass is 351 g/mol. The van der Waals surface area contributed by atoms with Crippen LogP contribution in [0, 0.1) is 0 Å². The van der Waals surface area contributed by atoms with Gasteiger partial charge in [0.15, 0.2) is 0 Å². The van der Waals surface area contributed by atoms with Gasteiger partial charge in [-0.25, -0.2) is 8.42 Å². The summed E-state index contributed by atoms with van der Waals surface area (Å²) in [7, 11) is -3.65. The van der Waals surface area contributed by atoms with Crippen LogP contribution in [0.2, 0.25) is 0 Å². The molecule has 0 atom stereocenters. The zero-order valence-corrected chi connectivity index (χ0v) is 15.0. The lowest BCUT2D eigenvalue weighted by atomic mass is 9.80. The summed E-state index contributed by atoms with van der Waals surface area (Å²) >= 11 is 0. The second-order valence-electron chi connectivity index (χ2n) is 6.63. The standard InChI is InChI=1S/C15H22BN3O4S/c1-12-15(2,3)23-16(22-12)13-9-14(11-17-10-13)18-5-7-19(8-6-18)24(4,20)21/h9-11H,1,5-8H2,2-4H3. The summed E-state index contributed by atoms with van der Waals surface area (Å²) in [6.45, 7) is 9.92. The van der Waals surface area contributed by atoms with Crippen LogP contribution in [0.15, 0.2) is 30.8 Å². The Morgan fingerprint density at radius 3 is 2.46 bits per heavy atom. The predicted molar refractivity (Wildman–Crippen MR) is 93.6 cm³/mol. The summed E-state index contributed by atoms with van der Waals surface area (Å²) in [5.41, 5.74) is 1.23. The van der Waals surface area contributed by atoms with E-state index in [-0.39, 0.29) is 0 Å². The Morgan fingerprint density at radius 2 is 1.92 bits per heavy atom. The minimum Gasteiger partial charge on any atom is -0.534 e. The van der Waals surface area contributed by atoms with E-state index in [4.69, 9.17) is 9.31 Å². The number of rotatable bonds is 3. The molecular weight excluding hydrogens is 329 g/mol. The van der Waals surface area contributed by atoms with Crippen LogP contribution >= 0.6 is 0 Å². The van der Waals surface area contributed by atoms with Gasteiger partial charge in [-0.2, -0.15) is 4.31 Å². The molecule has 0 aliphatic carbocycles. The van der Waals surface area contributed by atoms with Crippen molar-refractivity contribution in [2.45, 2.75) is 19.4 Å². The molecule has 0 aromatic carbocycles. The largest absolute Gasteiger partial charge is 0.565 e. The summed E-state index contributed by atoms with van der Waals surface area (Å²) in [6.07, 6.45) is 4.73. The molecule has 0 unspecified atom stereocenters. The first-order valence-electron chi connectivity index (χ1n) is 7.86. The van der Waals surface area contributed by atoms with E-state index < -0.39 is 22.7 Å². The van der Waals surface area contributed by atoms with E-state index in [1.807, 2.05) is 19.9 Å². The minimum atomic E-state index is -3.13. The maximum atomic E-state index is 11.6. The molecule has 2 aliphatic rings. The fourth-order valence-corrected chi connectivity index (χ4v) is 3.62. The third-order valence-electron chi connectivity index (χ3n) is 4.41. The molecule has 0 amide bonds. The van der Waals surface area contributed by atoms with Crippen LogP contribution in [0.25, 0.3) is 0 Å². The molecule has 9 heteroatoms. The van der Waals surface area contributed by atoms with Crippen molar-refractivity contribution in [2.75, 3.05) is 37.3 Å². The normalized spacial score (nSPS) is 21.9. The van der Waals surface area contributed by atoms with Crippen molar-refractivity contribution in [3.05, 3.63) is 30.8 Å². The molecule has 2 fully saturated rings. The Balaban J connectivity index is 1.72. The van der Waals surface area contributed by atoms with Gasteiger partial charge in [-0.3, -0.25) is 4.98 Å². The average molecular weight is 351 g/mol. The first-order valence-corrected chi connectivity index (χ1v) is 9.70. The van der Waals surface area contributed by atoms with Gasteiger partial charge in [-0.15, -0.1) is 0 Å². The van der Waals surface area contributed by atoms with E-state index in [9.17, 15) is 8.42 Å². The Morgan fingerprint density at radius 1 is 1.25 bits per heavy atom. The number of sulfonamides is 1. The molecule has 0 N–H and O–H groups in total. The van der Waals surface area contributed by atoms with Crippen molar-refractivity contribution in [3.8, 4) is 0 Å². The maximum absolute atomic E-state index is 11.6. The quantitative estimate of drug-likeness (QED) is 0.725. The molecule has 1 aromatic rings. The minimum absolute atomic E-state index is 0.476. The number of anilines is 1. The van der Waals surface area contributed by atoms with E-state index >= 15 is 0 Å². The first kappa shape index (κ1) is 17.3. The van der Waals surface area contributed by atoms with E-state index in [1.165, 1.54) is 10.6 Å². The van der Waals surface area contributed by atoms with Gasteiger partial charge in [-0.05, 0) is 19.9 Å². The van der Waals surface area contributed by atoms with Gasteiger partial charge in [0.05, 0.1) is 23.9 Å². The van der Waals surface area contributed by atoms with Crippen LogP contribution in [0.1, 0.15) is 13.8 Å². The molecule has 130 valence electrons. The maximum Gasteiger partial charge on any atom is 0.565 e. The number of aromatic nitrogens is 1. The number of hydrogen-bond donors (Lipinski definition) is 0. The van der Waals surface area contributed by atoms with Gasteiger partial charge in [0.1, 0.15) is 5.60 Å². The third-order valence-corrected chi connectivity index (χ3v) is 5.72. The fourth-order valence-electron chi connectivity index (χ4n) is 2.79. The second-order valence-corrected chi connectivity index (χ2v) is 8.61. The summed E-state index contributed by atoms with van der Waals surface area (Å²) < 4.78 is 36.3. The van der Waals surface area contributed by atoms with Crippen LogP contribution in [0.5, 0.6) is 0 Å². The highest BCUT2D eigenvalue weighted by molar-refractivity contribution is 7.88. The predicted octanol–water partition coefficient (Wildman–Crippen LogP) is 0.198. The Kier molecular flexibility index (Phi) is 4.35. The van der Waals surface area contributed by atoms with E-state index in [1.54, 1.807) is 12.4 Å². The van der Waals surface area contributed by atoms with Crippen molar-refractivity contribution in [3.63, 3.8) is 0 Å². The van der Waals surface area contributed by atoms with Crippen molar-refractivity contribution >= 4 is 28.3 Å². The summed E-state index contributed by atoms with van der Waals surface area (Å²) in [6, 6.07) is 1.97. The van der Waals surface area contributed by atoms with Crippen LogP contribution in [-0.2, 0) is 19.3 Å². The summed E-state index contributed by atoms with van der Waals surface area (Å²) in [5, 5.41) is 0. The molecule has 0 bridgehead atoms. The molecule has 3 heterocycles. The van der Waals surface area contributed by atoms with Gasteiger partial charge in [0, 0.05) is 37.8 Å². The number of pyridine rings is 1. The zero-order valence-electron chi connectivity index (χ0n) is 14.2. The molecule has 1 aromatic heterocycles. The van der Waals surface area contributed by atoms with Gasteiger partial charge in [0.2, 0.25) is 10.0 Å². The number of hydrogen-bond acceptors (Lipinski definition) is 6. The topological polar surface area (TPSA) is 72.0 Å². The zero-order chi connectivity index (χ0) is 17.5. The highest BCUT2D eigenvalue weighted by Gasteiger charge is 2.43. The van der Waals surface area contributed by atoms with E-state index in [0.717, 1.165) is 11.2 Å². The molecule has 3 rings (SSSR count). The molecule has 7 nitrogen and oxygen atoms in total. The lowest BCUT2D eigenvalue weighted by Crippen LogP contribution is -2.48. The van der Waals surface area contributed by atoms with E-state index in [2.05, 4.69) is 16.5 Å². The molecule has 0 saturated carbocycles. The van der Waals surface area contributed by atoms with Crippen LogP contribution in [0.3, 0.4) is 0 Å². The lowest BCUT2D eigenvalue weighted by Gasteiger charge is -2.34. The second kappa shape index (κ2) is 6.05. The number of nitrogens with zero attached hydrogens (tertiary/aromatic N) is 3. The van der Waals surface area contributed by atoms with Gasteiger partial charge >= 0.3 is 7.12 Å². The summed E-state index contributed by atoms with van der Waals surface area (Å²) in [5.74, 6) is 0.597. The van der Waals surface area contributed by atoms with Gasteiger partial charge in [0.25, 0.3) is 0 Å². The highest BCUT2D eigenvalue weighted by Crippen LogP contribution is 2.29. The Bertz CT molecular complexity index is 745. The smallest absolute Gasteiger partial charge is 0.534 e. The summed E-state index contributed by atoms with van der Waals surface area (Å²) in [4.78, 5) is 6.40. The van der Waals surface area contributed by atoms with E-state index in [0.29, 0.717) is 31.9 Å². The number of piperazine rings is 1. The first-order chi connectivity index (χ1) is 11.2. The highest BCUT2D eigenvalue weighted by atomic mass is 32.2. The molecule has 0 spiro atoms. The molecule has 24 heavy (non-hydrogen) atoms. The van der Waals surface area contributed by atoms with Crippen LogP contribution < -0.4 is 10.4 Å². The Hall–Kier alpha value is -1.58. The third kappa shape index (κ3) is 3.43. The van der Waals surface area contributed by atoms with Crippen molar-refractivity contribution in [1.82, 2.24) is 9.29 Å².